The Hall–Kier alpha value is -3.25. The van der Waals surface area contributed by atoms with E-state index in [1.165, 1.54) is 5.69 Å². The SMILES string of the molecule is N=C(N)N1CCN(c2ccc(C=Cc3cc(Cl)cc(Cn4ccnc4)c3)cc2)CC1. The zero-order valence-corrected chi connectivity index (χ0v) is 17.5. The van der Waals surface area contributed by atoms with Crippen molar-refractivity contribution in [3.05, 3.63) is 82.9 Å². The van der Waals surface area contributed by atoms with E-state index >= 15 is 0 Å². The fraction of sp³-hybridized carbons (Fsp3) is 0.217. The molecule has 0 aliphatic carbocycles. The zero-order valence-electron chi connectivity index (χ0n) is 16.7. The minimum absolute atomic E-state index is 0.157. The molecule has 0 saturated carbocycles. The molecule has 2 aromatic carbocycles. The maximum absolute atomic E-state index is 7.55. The first-order valence-corrected chi connectivity index (χ1v) is 10.3. The monoisotopic (exact) mass is 420 g/mol. The molecule has 7 heteroatoms. The largest absolute Gasteiger partial charge is 0.370 e. The Labute approximate surface area is 181 Å². The van der Waals surface area contributed by atoms with Gasteiger partial charge in [-0.25, -0.2) is 4.98 Å². The first kappa shape index (κ1) is 20.0. The fourth-order valence-electron chi connectivity index (χ4n) is 3.65. The number of nitrogens with one attached hydrogen (secondary N) is 1. The van der Waals surface area contributed by atoms with Crippen LogP contribution in [-0.2, 0) is 6.54 Å². The Morgan fingerprint density at radius 1 is 1.03 bits per heavy atom. The molecule has 4 rings (SSSR count). The summed E-state index contributed by atoms with van der Waals surface area (Å²) in [6.07, 6.45) is 9.71. The van der Waals surface area contributed by atoms with Gasteiger partial charge in [-0.05, 0) is 47.0 Å². The highest BCUT2D eigenvalue weighted by atomic mass is 35.5. The third-order valence-corrected chi connectivity index (χ3v) is 5.47. The number of nitrogens with zero attached hydrogens (tertiary/aromatic N) is 4. The lowest BCUT2D eigenvalue weighted by atomic mass is 10.1. The van der Waals surface area contributed by atoms with E-state index in [-0.39, 0.29) is 5.96 Å². The van der Waals surface area contributed by atoms with E-state index in [2.05, 4.69) is 52.4 Å². The van der Waals surface area contributed by atoms with Crippen LogP contribution in [0.25, 0.3) is 12.2 Å². The minimum atomic E-state index is 0.157. The molecular weight excluding hydrogens is 396 g/mol. The van der Waals surface area contributed by atoms with Gasteiger partial charge in [0, 0.05) is 55.8 Å². The predicted octanol–water partition coefficient (Wildman–Crippen LogP) is 3.77. The molecule has 3 N–H and O–H groups in total. The minimum Gasteiger partial charge on any atom is -0.370 e. The molecule has 1 aromatic heterocycles. The molecule has 1 aliphatic heterocycles. The van der Waals surface area contributed by atoms with Gasteiger partial charge in [0.25, 0.3) is 0 Å². The normalized spacial score (nSPS) is 14.4. The standard InChI is InChI=1S/C23H25ClN6/c24-21-14-19(13-20(15-21)16-28-8-7-27-17-28)2-1-18-3-5-22(6-4-18)29-9-11-30(12-10-29)23(25)26/h1-8,13-15,17H,9-12,16H2,(H3,25,26). The molecular formula is C23H25ClN6. The number of rotatable bonds is 5. The van der Waals surface area contributed by atoms with Crippen LogP contribution < -0.4 is 10.6 Å². The second-order valence-corrected chi connectivity index (χ2v) is 7.85. The van der Waals surface area contributed by atoms with Crippen molar-refractivity contribution in [1.29, 1.82) is 5.41 Å². The molecule has 1 fully saturated rings. The van der Waals surface area contributed by atoms with Gasteiger partial charge in [-0.1, -0.05) is 35.9 Å². The Morgan fingerprint density at radius 3 is 2.43 bits per heavy atom. The quantitative estimate of drug-likeness (QED) is 0.374. The Bertz CT molecular complexity index is 1020. The average Bonchev–Trinajstić information content (AvgIpc) is 3.25. The summed E-state index contributed by atoms with van der Waals surface area (Å²) in [6, 6.07) is 14.6. The molecule has 0 bridgehead atoms. The number of halogens is 1. The summed E-state index contributed by atoms with van der Waals surface area (Å²) in [4.78, 5) is 8.31. The van der Waals surface area contributed by atoms with Crippen LogP contribution in [0.15, 0.2) is 61.2 Å². The van der Waals surface area contributed by atoms with E-state index in [0.29, 0.717) is 0 Å². The Morgan fingerprint density at radius 2 is 1.77 bits per heavy atom. The van der Waals surface area contributed by atoms with Gasteiger partial charge in [0.15, 0.2) is 5.96 Å². The lowest BCUT2D eigenvalue weighted by molar-refractivity contribution is 0.380. The number of guanidine groups is 1. The summed E-state index contributed by atoms with van der Waals surface area (Å²) >= 11 is 6.32. The van der Waals surface area contributed by atoms with Gasteiger partial charge >= 0.3 is 0 Å². The van der Waals surface area contributed by atoms with Crippen molar-refractivity contribution in [1.82, 2.24) is 14.5 Å². The number of hydrogen-bond acceptors (Lipinski definition) is 3. The topological polar surface area (TPSA) is 74.2 Å². The van der Waals surface area contributed by atoms with Crippen molar-refractivity contribution >= 4 is 35.4 Å². The van der Waals surface area contributed by atoms with Crippen molar-refractivity contribution < 1.29 is 0 Å². The van der Waals surface area contributed by atoms with Crippen molar-refractivity contribution in [2.24, 2.45) is 5.73 Å². The van der Waals surface area contributed by atoms with Gasteiger partial charge in [0.05, 0.1) is 6.33 Å². The van der Waals surface area contributed by atoms with E-state index in [1.807, 2.05) is 27.8 Å². The lowest BCUT2D eigenvalue weighted by Crippen LogP contribution is -2.50. The van der Waals surface area contributed by atoms with Crippen LogP contribution in [0.3, 0.4) is 0 Å². The predicted molar refractivity (Wildman–Crippen MR) is 124 cm³/mol. The van der Waals surface area contributed by atoms with Gasteiger partial charge in [0.1, 0.15) is 0 Å². The summed E-state index contributed by atoms with van der Waals surface area (Å²) in [7, 11) is 0. The van der Waals surface area contributed by atoms with E-state index in [0.717, 1.165) is 54.4 Å². The van der Waals surface area contributed by atoms with Gasteiger partial charge in [0.2, 0.25) is 0 Å². The van der Waals surface area contributed by atoms with Crippen LogP contribution in [0.5, 0.6) is 0 Å². The third-order valence-electron chi connectivity index (χ3n) is 5.25. The van der Waals surface area contributed by atoms with Gasteiger partial charge in [-0.3, -0.25) is 5.41 Å². The first-order chi connectivity index (χ1) is 14.6. The van der Waals surface area contributed by atoms with Crippen molar-refractivity contribution in [3.63, 3.8) is 0 Å². The third kappa shape index (κ3) is 5.02. The highest BCUT2D eigenvalue weighted by molar-refractivity contribution is 6.30. The molecule has 6 nitrogen and oxygen atoms in total. The number of anilines is 1. The molecule has 0 amide bonds. The highest BCUT2D eigenvalue weighted by Gasteiger charge is 2.17. The molecule has 3 aromatic rings. The second-order valence-electron chi connectivity index (χ2n) is 7.41. The molecule has 0 radical (unpaired) electrons. The molecule has 30 heavy (non-hydrogen) atoms. The first-order valence-electron chi connectivity index (χ1n) is 9.94. The smallest absolute Gasteiger partial charge is 0.188 e. The molecule has 0 unspecified atom stereocenters. The Kier molecular flexibility index (Phi) is 6.05. The van der Waals surface area contributed by atoms with Crippen molar-refractivity contribution in [2.75, 3.05) is 31.1 Å². The number of piperazine rings is 1. The van der Waals surface area contributed by atoms with Gasteiger partial charge in [-0.2, -0.15) is 0 Å². The summed E-state index contributed by atoms with van der Waals surface area (Å²) < 4.78 is 2.02. The average molecular weight is 421 g/mol. The number of nitrogens with two attached hydrogens (primary N) is 1. The molecule has 154 valence electrons. The lowest BCUT2D eigenvalue weighted by Gasteiger charge is -2.36. The molecule has 0 atom stereocenters. The second kappa shape index (κ2) is 9.05. The number of aromatic nitrogens is 2. The van der Waals surface area contributed by atoms with Gasteiger partial charge < -0.3 is 20.1 Å². The fourth-order valence-corrected chi connectivity index (χ4v) is 3.91. The molecule has 1 aliphatic rings. The molecule has 1 saturated heterocycles. The van der Waals surface area contributed by atoms with E-state index < -0.39 is 0 Å². The van der Waals surface area contributed by atoms with Crippen LogP contribution in [0.4, 0.5) is 5.69 Å². The van der Waals surface area contributed by atoms with Crippen LogP contribution in [0, 0.1) is 5.41 Å². The van der Waals surface area contributed by atoms with E-state index in [1.54, 1.807) is 12.5 Å². The number of hydrogen-bond donors (Lipinski definition) is 2. The highest BCUT2D eigenvalue weighted by Crippen LogP contribution is 2.21. The Balaban J connectivity index is 1.41. The molecule has 2 heterocycles. The van der Waals surface area contributed by atoms with Crippen molar-refractivity contribution in [3.8, 4) is 0 Å². The van der Waals surface area contributed by atoms with Gasteiger partial charge in [-0.15, -0.1) is 0 Å². The zero-order chi connectivity index (χ0) is 20.9. The summed E-state index contributed by atoms with van der Waals surface area (Å²) in [6.45, 7) is 4.06. The molecule has 0 spiro atoms. The number of imidazole rings is 1. The maximum Gasteiger partial charge on any atom is 0.188 e. The van der Waals surface area contributed by atoms with Crippen LogP contribution in [0.1, 0.15) is 16.7 Å². The number of benzene rings is 2. The maximum atomic E-state index is 7.55. The summed E-state index contributed by atoms with van der Waals surface area (Å²) in [5, 5.41) is 8.27. The van der Waals surface area contributed by atoms with Crippen LogP contribution >= 0.6 is 11.6 Å². The van der Waals surface area contributed by atoms with Crippen LogP contribution in [-0.4, -0.2) is 46.6 Å². The van der Waals surface area contributed by atoms with E-state index in [4.69, 9.17) is 22.7 Å². The summed E-state index contributed by atoms with van der Waals surface area (Å²) in [5.74, 6) is 0.157. The van der Waals surface area contributed by atoms with Crippen molar-refractivity contribution in [2.45, 2.75) is 6.54 Å². The summed E-state index contributed by atoms with van der Waals surface area (Å²) in [5.41, 5.74) is 10.1. The van der Waals surface area contributed by atoms with E-state index in [9.17, 15) is 0 Å². The van der Waals surface area contributed by atoms with Crippen LogP contribution in [0.2, 0.25) is 5.02 Å².